The summed E-state index contributed by atoms with van der Waals surface area (Å²) in [6, 6.07) is 0. The molecule has 0 aromatic carbocycles. The second-order valence-electron chi connectivity index (χ2n) is 1.65. The van der Waals surface area contributed by atoms with Crippen molar-refractivity contribution in [1.29, 1.82) is 0 Å². The molecule has 0 aromatic heterocycles. The fraction of sp³-hybridized carbons (Fsp3) is 0.833. The van der Waals surface area contributed by atoms with E-state index in [1.807, 2.05) is 0 Å². The number of hydrogen-bond acceptors (Lipinski definition) is 4. The SMILES string of the molecule is COCOCCOC(C)=O. The highest BCUT2D eigenvalue weighted by atomic mass is 16.7. The molecule has 10 heavy (non-hydrogen) atoms. The molecule has 4 nitrogen and oxygen atoms in total. The molecule has 0 atom stereocenters. The largest absolute Gasteiger partial charge is 0.463 e. The highest BCUT2D eigenvalue weighted by Gasteiger charge is 1.90. The third kappa shape index (κ3) is 7.39. The second kappa shape index (κ2) is 6.51. The Morgan fingerprint density at radius 2 is 2.10 bits per heavy atom. The van der Waals surface area contributed by atoms with Crippen molar-refractivity contribution in [2.75, 3.05) is 27.1 Å². The van der Waals surface area contributed by atoms with Gasteiger partial charge in [0.1, 0.15) is 13.4 Å². The van der Waals surface area contributed by atoms with Crippen LogP contribution >= 0.6 is 0 Å². The van der Waals surface area contributed by atoms with E-state index in [-0.39, 0.29) is 12.8 Å². The number of hydrogen-bond donors (Lipinski definition) is 0. The smallest absolute Gasteiger partial charge is 0.302 e. The number of carbonyl (C=O) groups is 1. The molecule has 0 saturated carbocycles. The van der Waals surface area contributed by atoms with Crippen molar-refractivity contribution in [3.63, 3.8) is 0 Å². The summed E-state index contributed by atoms with van der Waals surface area (Å²) in [6.07, 6.45) is 0. The van der Waals surface area contributed by atoms with Crippen LogP contribution in [0.15, 0.2) is 0 Å². The zero-order chi connectivity index (χ0) is 7.82. The molecule has 0 rings (SSSR count). The number of ether oxygens (including phenoxy) is 3. The topological polar surface area (TPSA) is 44.8 Å². The van der Waals surface area contributed by atoms with Crippen LogP contribution in [0.4, 0.5) is 0 Å². The summed E-state index contributed by atoms with van der Waals surface area (Å²) in [5.74, 6) is -0.291. The van der Waals surface area contributed by atoms with E-state index in [4.69, 9.17) is 4.74 Å². The zero-order valence-corrected chi connectivity index (χ0v) is 6.25. The summed E-state index contributed by atoms with van der Waals surface area (Å²) in [6.45, 7) is 2.27. The highest BCUT2D eigenvalue weighted by molar-refractivity contribution is 5.65. The predicted octanol–water partition coefficient (Wildman–Crippen LogP) is 0.170. The van der Waals surface area contributed by atoms with Gasteiger partial charge in [0.05, 0.1) is 6.61 Å². The molecule has 0 radical (unpaired) electrons. The van der Waals surface area contributed by atoms with Crippen LogP contribution < -0.4 is 0 Å². The van der Waals surface area contributed by atoms with E-state index < -0.39 is 0 Å². The minimum atomic E-state index is -0.291. The lowest BCUT2D eigenvalue weighted by Crippen LogP contribution is -2.08. The van der Waals surface area contributed by atoms with Gasteiger partial charge in [0.2, 0.25) is 0 Å². The molecule has 0 saturated heterocycles. The Kier molecular flexibility index (Phi) is 6.11. The van der Waals surface area contributed by atoms with Gasteiger partial charge in [-0.3, -0.25) is 4.79 Å². The lowest BCUT2D eigenvalue weighted by atomic mass is 10.7. The molecule has 60 valence electrons. The van der Waals surface area contributed by atoms with Crippen LogP contribution in [0.25, 0.3) is 0 Å². The molecule has 0 aliphatic carbocycles. The first-order valence-electron chi connectivity index (χ1n) is 2.97. The summed E-state index contributed by atoms with van der Waals surface area (Å²) in [4.78, 5) is 10.2. The summed E-state index contributed by atoms with van der Waals surface area (Å²) in [7, 11) is 1.53. The van der Waals surface area contributed by atoms with Crippen molar-refractivity contribution < 1.29 is 19.0 Å². The first-order valence-corrected chi connectivity index (χ1v) is 2.97. The Balaban J connectivity index is 2.84. The molecule has 0 bridgehead atoms. The number of rotatable bonds is 5. The summed E-state index contributed by atoms with van der Waals surface area (Å²) >= 11 is 0. The normalized spacial score (nSPS) is 9.40. The van der Waals surface area contributed by atoms with Crippen LogP contribution in [0, 0.1) is 0 Å². The van der Waals surface area contributed by atoms with Crippen molar-refractivity contribution >= 4 is 5.97 Å². The van der Waals surface area contributed by atoms with Crippen LogP contribution in [0.1, 0.15) is 6.92 Å². The Hall–Kier alpha value is -0.610. The number of methoxy groups -OCH3 is 1. The van der Waals surface area contributed by atoms with Gasteiger partial charge in [-0.05, 0) is 0 Å². The maximum absolute atomic E-state index is 10.2. The molecule has 0 amide bonds. The van der Waals surface area contributed by atoms with Crippen LogP contribution in [-0.2, 0) is 19.0 Å². The van der Waals surface area contributed by atoms with Gasteiger partial charge in [-0.25, -0.2) is 0 Å². The molecule has 0 aliphatic rings. The first kappa shape index (κ1) is 9.39. The van der Waals surface area contributed by atoms with Crippen LogP contribution in [0.2, 0.25) is 0 Å². The average Bonchev–Trinajstić information content (AvgIpc) is 1.87. The van der Waals surface area contributed by atoms with Crippen LogP contribution in [-0.4, -0.2) is 33.1 Å². The van der Waals surface area contributed by atoms with E-state index in [1.54, 1.807) is 0 Å². The number of carbonyl (C=O) groups excluding carboxylic acids is 1. The molecule has 0 fully saturated rings. The van der Waals surface area contributed by atoms with Crippen molar-refractivity contribution in [2.24, 2.45) is 0 Å². The van der Waals surface area contributed by atoms with E-state index in [0.717, 1.165) is 0 Å². The van der Waals surface area contributed by atoms with E-state index in [2.05, 4.69) is 9.47 Å². The molecular formula is C6H12O4. The predicted molar refractivity (Wildman–Crippen MR) is 34.5 cm³/mol. The van der Waals surface area contributed by atoms with Gasteiger partial charge in [0, 0.05) is 14.0 Å². The lowest BCUT2D eigenvalue weighted by molar-refractivity contribution is -0.144. The average molecular weight is 148 g/mol. The first-order chi connectivity index (χ1) is 4.77. The van der Waals surface area contributed by atoms with Crippen molar-refractivity contribution in [3.8, 4) is 0 Å². The zero-order valence-electron chi connectivity index (χ0n) is 6.25. The maximum atomic E-state index is 10.2. The van der Waals surface area contributed by atoms with Gasteiger partial charge in [-0.1, -0.05) is 0 Å². The Labute approximate surface area is 60.1 Å². The van der Waals surface area contributed by atoms with E-state index in [9.17, 15) is 4.79 Å². The van der Waals surface area contributed by atoms with Crippen molar-refractivity contribution in [1.82, 2.24) is 0 Å². The van der Waals surface area contributed by atoms with Gasteiger partial charge in [-0.15, -0.1) is 0 Å². The monoisotopic (exact) mass is 148 g/mol. The quantitative estimate of drug-likeness (QED) is 0.317. The molecule has 0 aliphatic heterocycles. The van der Waals surface area contributed by atoms with Gasteiger partial charge < -0.3 is 14.2 Å². The third-order valence-corrected chi connectivity index (χ3v) is 0.734. The molecule has 0 heterocycles. The molecule has 0 N–H and O–H groups in total. The minimum absolute atomic E-state index is 0.237. The van der Waals surface area contributed by atoms with Gasteiger partial charge in [0.15, 0.2) is 0 Å². The Bertz CT molecular complexity index is 91.7. The van der Waals surface area contributed by atoms with Crippen LogP contribution in [0.5, 0.6) is 0 Å². The number of esters is 1. The summed E-state index contributed by atoms with van der Waals surface area (Å²) in [5, 5.41) is 0. The molecule has 0 spiro atoms. The Morgan fingerprint density at radius 1 is 1.40 bits per heavy atom. The standard InChI is InChI=1S/C6H12O4/c1-6(7)10-4-3-9-5-8-2/h3-5H2,1-2H3. The fourth-order valence-corrected chi connectivity index (χ4v) is 0.387. The molecule has 0 unspecified atom stereocenters. The minimum Gasteiger partial charge on any atom is -0.463 e. The van der Waals surface area contributed by atoms with E-state index in [0.29, 0.717) is 13.2 Å². The van der Waals surface area contributed by atoms with Crippen molar-refractivity contribution in [3.05, 3.63) is 0 Å². The molecular weight excluding hydrogens is 136 g/mol. The van der Waals surface area contributed by atoms with Gasteiger partial charge >= 0.3 is 5.97 Å². The van der Waals surface area contributed by atoms with Crippen molar-refractivity contribution in [2.45, 2.75) is 6.92 Å². The lowest BCUT2D eigenvalue weighted by Gasteiger charge is -2.01. The summed E-state index contributed by atoms with van der Waals surface area (Å²) in [5.41, 5.74) is 0. The Morgan fingerprint density at radius 3 is 2.60 bits per heavy atom. The molecule has 0 aromatic rings. The second-order valence-corrected chi connectivity index (χ2v) is 1.65. The van der Waals surface area contributed by atoms with Gasteiger partial charge in [0.25, 0.3) is 0 Å². The highest BCUT2D eigenvalue weighted by Crippen LogP contribution is 1.78. The molecule has 4 heteroatoms. The van der Waals surface area contributed by atoms with Gasteiger partial charge in [-0.2, -0.15) is 0 Å². The maximum Gasteiger partial charge on any atom is 0.302 e. The van der Waals surface area contributed by atoms with E-state index >= 15 is 0 Å². The van der Waals surface area contributed by atoms with Crippen LogP contribution in [0.3, 0.4) is 0 Å². The third-order valence-electron chi connectivity index (χ3n) is 0.734. The fourth-order valence-electron chi connectivity index (χ4n) is 0.387. The van der Waals surface area contributed by atoms with E-state index in [1.165, 1.54) is 14.0 Å². The summed E-state index contributed by atoms with van der Waals surface area (Å²) < 4.78 is 14.0.